The molecule has 1 amide bonds. The number of benzene rings is 1. The first-order valence-corrected chi connectivity index (χ1v) is 8.10. The van der Waals surface area contributed by atoms with Crippen molar-refractivity contribution < 1.29 is 9.00 Å². The van der Waals surface area contributed by atoms with Crippen molar-refractivity contribution in [3.8, 4) is 0 Å². The molecule has 0 spiro atoms. The molecule has 0 radical (unpaired) electrons. The summed E-state index contributed by atoms with van der Waals surface area (Å²) in [6.45, 7) is 3.96. The molecule has 0 aromatic heterocycles. The lowest BCUT2D eigenvalue weighted by molar-refractivity contribution is -0.114. The van der Waals surface area contributed by atoms with E-state index in [1.165, 1.54) is 6.92 Å². The first-order chi connectivity index (χ1) is 8.45. The molecule has 0 heterocycles. The zero-order valence-electron chi connectivity index (χ0n) is 10.5. The average Bonchev–Trinajstić information content (AvgIpc) is 2.29. The zero-order valence-corrected chi connectivity index (χ0v) is 12.1. The highest BCUT2D eigenvalue weighted by Gasteiger charge is 2.08. The zero-order chi connectivity index (χ0) is 13.6. The monoisotopic (exact) mass is 288 g/mol. The molecule has 1 N–H and O–H groups in total. The first-order valence-electron chi connectivity index (χ1n) is 5.76. The number of carbonyl (C=O) groups excluding carboxylic acids is 1. The van der Waals surface area contributed by atoms with Crippen molar-refractivity contribution in [2.75, 3.05) is 11.9 Å². The van der Waals surface area contributed by atoms with E-state index in [4.69, 9.17) is 10.7 Å². The van der Waals surface area contributed by atoms with E-state index < -0.39 is 8.94 Å². The van der Waals surface area contributed by atoms with Crippen LogP contribution in [-0.2, 0) is 13.7 Å². The largest absolute Gasteiger partial charge is 0.326 e. The van der Waals surface area contributed by atoms with Crippen LogP contribution in [0.2, 0.25) is 0 Å². The predicted molar refractivity (Wildman–Crippen MR) is 75.2 cm³/mol. The summed E-state index contributed by atoms with van der Waals surface area (Å²) in [5.74, 6) is -0.151. The molecule has 1 aromatic rings. The van der Waals surface area contributed by atoms with Gasteiger partial charge in [0.15, 0.2) is 8.94 Å². The van der Waals surface area contributed by atoms with Gasteiger partial charge in [0.05, 0.1) is 4.90 Å². The minimum atomic E-state index is -2.84. The Bertz CT molecular complexity index is 519. The molecule has 0 aliphatic carbocycles. The quantitative estimate of drug-likeness (QED) is 0.666. The van der Waals surface area contributed by atoms with Crippen molar-refractivity contribution in [2.45, 2.75) is 31.6 Å². The van der Waals surface area contributed by atoms with Gasteiger partial charge in [0, 0.05) is 29.8 Å². The Morgan fingerprint density at radius 1 is 1.39 bits per heavy atom. The van der Waals surface area contributed by atoms with Gasteiger partial charge in [-0.1, -0.05) is 13.3 Å². The van der Waals surface area contributed by atoms with E-state index in [2.05, 4.69) is 9.68 Å². The van der Waals surface area contributed by atoms with Gasteiger partial charge in [-0.3, -0.25) is 4.79 Å². The number of carbonyl (C=O) groups is 1. The summed E-state index contributed by atoms with van der Waals surface area (Å²) in [6, 6.07) is 6.56. The highest BCUT2D eigenvalue weighted by Crippen LogP contribution is 2.20. The molecule has 0 aliphatic rings. The van der Waals surface area contributed by atoms with Crippen LogP contribution in [0.5, 0.6) is 0 Å². The van der Waals surface area contributed by atoms with Gasteiger partial charge in [-0.15, -0.1) is 0 Å². The van der Waals surface area contributed by atoms with Crippen LogP contribution in [0.25, 0.3) is 0 Å². The van der Waals surface area contributed by atoms with Gasteiger partial charge in [0.1, 0.15) is 0 Å². The van der Waals surface area contributed by atoms with E-state index in [-0.39, 0.29) is 5.91 Å². The first kappa shape index (κ1) is 15.0. The minimum Gasteiger partial charge on any atom is -0.326 e. The van der Waals surface area contributed by atoms with Gasteiger partial charge in [-0.25, -0.2) is 8.57 Å². The number of nitrogens with zero attached hydrogens (tertiary/aromatic N) is 1. The number of amides is 1. The molecule has 0 bridgehead atoms. The Hall–Kier alpha value is -1.07. The Labute approximate surface area is 112 Å². The van der Waals surface area contributed by atoms with Crippen LogP contribution in [0.15, 0.2) is 33.5 Å². The number of nitrogens with one attached hydrogen (secondary N) is 1. The third-order valence-electron chi connectivity index (χ3n) is 2.23. The van der Waals surface area contributed by atoms with E-state index in [0.29, 0.717) is 17.1 Å². The standard InChI is InChI=1S/C12H17ClN2O2S/c1-3-4-9-14-18(13,17)12-7-5-11(6-8-12)15-10(2)16/h5-8H,3-4,9H2,1-2H3,(H,15,16). The number of anilines is 1. The van der Waals surface area contributed by atoms with Gasteiger partial charge in [-0.05, 0) is 30.7 Å². The highest BCUT2D eigenvalue weighted by molar-refractivity contribution is 8.15. The van der Waals surface area contributed by atoms with E-state index in [1.807, 2.05) is 6.92 Å². The maximum Gasteiger partial charge on any atom is 0.221 e. The molecular weight excluding hydrogens is 272 g/mol. The molecule has 0 fully saturated rings. The summed E-state index contributed by atoms with van der Waals surface area (Å²) < 4.78 is 16.1. The van der Waals surface area contributed by atoms with Crippen molar-refractivity contribution in [3.63, 3.8) is 0 Å². The maximum atomic E-state index is 12.1. The number of halogens is 1. The van der Waals surface area contributed by atoms with Crippen LogP contribution < -0.4 is 5.32 Å². The third-order valence-corrected chi connectivity index (χ3v) is 4.43. The van der Waals surface area contributed by atoms with Gasteiger partial charge in [0.2, 0.25) is 5.91 Å². The Morgan fingerprint density at radius 2 is 2.00 bits per heavy atom. The normalized spacial score (nSPS) is 13.7. The van der Waals surface area contributed by atoms with Crippen molar-refractivity contribution in [3.05, 3.63) is 24.3 Å². The second kappa shape index (κ2) is 6.75. The van der Waals surface area contributed by atoms with Crippen molar-refractivity contribution in [2.24, 2.45) is 4.36 Å². The van der Waals surface area contributed by atoms with Crippen molar-refractivity contribution in [1.29, 1.82) is 0 Å². The fraction of sp³-hybridized carbons (Fsp3) is 0.417. The number of rotatable bonds is 5. The molecule has 0 saturated heterocycles. The molecule has 4 nitrogen and oxygen atoms in total. The van der Waals surface area contributed by atoms with E-state index in [0.717, 1.165) is 12.8 Å². The molecule has 0 aliphatic heterocycles. The van der Waals surface area contributed by atoms with Crippen LogP contribution in [0.3, 0.4) is 0 Å². The summed E-state index contributed by atoms with van der Waals surface area (Å²) in [7, 11) is 3.09. The van der Waals surface area contributed by atoms with Gasteiger partial charge in [0.25, 0.3) is 0 Å². The lowest BCUT2D eigenvalue weighted by Crippen LogP contribution is -2.05. The highest BCUT2D eigenvalue weighted by atomic mass is 35.7. The number of hydrogen-bond acceptors (Lipinski definition) is 3. The summed E-state index contributed by atoms with van der Waals surface area (Å²) >= 11 is 0. The second-order valence-corrected chi connectivity index (χ2v) is 6.77. The lowest BCUT2D eigenvalue weighted by atomic mass is 10.3. The number of unbranched alkanes of at least 4 members (excludes halogenated alkanes) is 1. The molecular formula is C12H17ClN2O2S. The summed E-state index contributed by atoms with van der Waals surface area (Å²) in [6.07, 6.45) is 1.85. The summed E-state index contributed by atoms with van der Waals surface area (Å²) in [5.41, 5.74) is 0.645. The molecule has 6 heteroatoms. The van der Waals surface area contributed by atoms with Crippen molar-refractivity contribution in [1.82, 2.24) is 0 Å². The van der Waals surface area contributed by atoms with Crippen molar-refractivity contribution >= 4 is 31.2 Å². The Morgan fingerprint density at radius 3 is 2.50 bits per heavy atom. The van der Waals surface area contributed by atoms with Crippen LogP contribution in [0.1, 0.15) is 26.7 Å². The molecule has 1 atom stereocenters. The lowest BCUT2D eigenvalue weighted by Gasteiger charge is -2.05. The molecule has 18 heavy (non-hydrogen) atoms. The fourth-order valence-corrected chi connectivity index (χ4v) is 2.82. The maximum absolute atomic E-state index is 12.1. The second-order valence-electron chi connectivity index (χ2n) is 3.87. The van der Waals surface area contributed by atoms with E-state index >= 15 is 0 Å². The smallest absolute Gasteiger partial charge is 0.221 e. The van der Waals surface area contributed by atoms with E-state index in [9.17, 15) is 9.00 Å². The minimum absolute atomic E-state index is 0.151. The SMILES string of the molecule is CCCCN=S(=O)(Cl)c1ccc(NC(C)=O)cc1. The molecule has 0 saturated carbocycles. The van der Waals surface area contributed by atoms with Gasteiger partial charge < -0.3 is 5.32 Å². The van der Waals surface area contributed by atoms with Crippen LogP contribution >= 0.6 is 10.7 Å². The summed E-state index contributed by atoms with van der Waals surface area (Å²) in [4.78, 5) is 11.3. The Kier molecular flexibility index (Phi) is 5.62. The fourth-order valence-electron chi connectivity index (χ4n) is 1.32. The molecule has 1 unspecified atom stereocenters. The number of hydrogen-bond donors (Lipinski definition) is 1. The van der Waals surface area contributed by atoms with Gasteiger partial charge >= 0.3 is 0 Å². The van der Waals surface area contributed by atoms with Crippen LogP contribution in [0.4, 0.5) is 5.69 Å². The average molecular weight is 289 g/mol. The van der Waals surface area contributed by atoms with E-state index in [1.54, 1.807) is 24.3 Å². The van der Waals surface area contributed by atoms with Crippen LogP contribution in [0, 0.1) is 0 Å². The van der Waals surface area contributed by atoms with Gasteiger partial charge in [-0.2, -0.15) is 0 Å². The summed E-state index contributed by atoms with van der Waals surface area (Å²) in [5, 5.41) is 2.63. The third kappa shape index (κ3) is 4.66. The van der Waals surface area contributed by atoms with Crippen LogP contribution in [-0.4, -0.2) is 16.7 Å². The topological polar surface area (TPSA) is 58.5 Å². The predicted octanol–water partition coefficient (Wildman–Crippen LogP) is 3.43. The Balaban J connectivity index is 2.87. The molecule has 1 aromatic carbocycles. The molecule has 100 valence electrons. The molecule has 1 rings (SSSR count).